The van der Waals surface area contributed by atoms with E-state index in [9.17, 15) is 0 Å². The summed E-state index contributed by atoms with van der Waals surface area (Å²) in [5, 5.41) is 4.95. The van der Waals surface area contributed by atoms with Gasteiger partial charge in [0.05, 0.1) is 5.92 Å². The van der Waals surface area contributed by atoms with E-state index in [1.54, 1.807) is 0 Å². The molecule has 3 atom stereocenters. The molecule has 3 unspecified atom stereocenters. The van der Waals surface area contributed by atoms with Crippen LogP contribution in [-0.4, -0.2) is 21.1 Å². The Morgan fingerprint density at radius 1 is 0.569 bits per heavy atom. The third kappa shape index (κ3) is 5.19. The van der Waals surface area contributed by atoms with Gasteiger partial charge in [0.2, 0.25) is 0 Å². The predicted molar refractivity (Wildman–Crippen MR) is 207 cm³/mol. The van der Waals surface area contributed by atoms with E-state index in [0.29, 0.717) is 23.4 Å². The van der Waals surface area contributed by atoms with E-state index in [1.165, 1.54) is 32.7 Å². The van der Waals surface area contributed by atoms with Crippen molar-refractivity contribution in [2.24, 2.45) is 0 Å². The zero-order valence-electron chi connectivity index (χ0n) is 27.9. The van der Waals surface area contributed by atoms with Crippen molar-refractivity contribution in [3.63, 3.8) is 0 Å². The molecule has 2 heterocycles. The number of benzene rings is 6. The van der Waals surface area contributed by atoms with Gasteiger partial charge in [0.15, 0.2) is 17.5 Å². The monoisotopic (exact) mass is 655 g/mol. The lowest BCUT2D eigenvalue weighted by Crippen LogP contribution is -2.25. The lowest BCUT2D eigenvalue weighted by Gasteiger charge is -2.28. The number of fused-ring (bicyclic) bond motifs is 5. The van der Waals surface area contributed by atoms with Gasteiger partial charge in [0.25, 0.3) is 0 Å². The quantitative estimate of drug-likeness (QED) is 0.185. The van der Waals surface area contributed by atoms with Crippen LogP contribution in [0.5, 0.6) is 5.75 Å². The average molecular weight is 656 g/mol. The first-order valence-electron chi connectivity index (χ1n) is 17.6. The second-order valence-electron chi connectivity index (χ2n) is 13.5. The van der Waals surface area contributed by atoms with E-state index in [0.717, 1.165) is 40.0 Å². The van der Waals surface area contributed by atoms with Crippen LogP contribution in [0.4, 0.5) is 0 Å². The highest BCUT2D eigenvalue weighted by atomic mass is 16.5. The molecule has 0 spiro atoms. The molecule has 0 amide bonds. The van der Waals surface area contributed by atoms with E-state index in [1.807, 2.05) is 24.3 Å². The molecular weight excluding hydrogens is 623 g/mol. The van der Waals surface area contributed by atoms with Gasteiger partial charge in [-0.15, -0.1) is 0 Å². The Morgan fingerprint density at radius 3 is 2.18 bits per heavy atom. The van der Waals surface area contributed by atoms with Crippen molar-refractivity contribution in [2.45, 2.75) is 24.4 Å². The Balaban J connectivity index is 1.08. The number of allylic oxidation sites excluding steroid dienone is 6. The largest absolute Gasteiger partial charge is 0.484 e. The van der Waals surface area contributed by atoms with E-state index >= 15 is 0 Å². The summed E-state index contributed by atoms with van der Waals surface area (Å²) in [4.78, 5) is 15.5. The molecule has 51 heavy (non-hydrogen) atoms. The zero-order chi connectivity index (χ0) is 33.7. The molecule has 242 valence electrons. The molecule has 7 aromatic rings. The van der Waals surface area contributed by atoms with Gasteiger partial charge in [-0.05, 0) is 45.2 Å². The fourth-order valence-corrected chi connectivity index (χ4v) is 7.92. The molecule has 0 N–H and O–H groups in total. The Bertz CT molecular complexity index is 2610. The molecule has 0 saturated heterocycles. The number of ether oxygens (including phenoxy) is 1. The first-order valence-corrected chi connectivity index (χ1v) is 17.6. The van der Waals surface area contributed by atoms with Crippen molar-refractivity contribution < 1.29 is 4.74 Å². The summed E-state index contributed by atoms with van der Waals surface area (Å²) in [7, 11) is 0. The second-order valence-corrected chi connectivity index (χ2v) is 13.5. The lowest BCUT2D eigenvalue weighted by atomic mass is 9.78. The third-order valence-corrected chi connectivity index (χ3v) is 10.5. The molecule has 0 bridgehead atoms. The standard InChI is InChI=1S/C47H33N3O/c1-2-13-33(14-3-1)45-48-46(34-24-21-31(22-25-34)36-26-23-30-11-4-5-15-35(30)29-36)50-47(49-45)41-28-27-39(38-19-10-16-32-12-6-7-17-37(32)38)44-43(41)40-18-8-9-20-42(40)51-44/h1-21,23-29,31,43-44H,22H2. The lowest BCUT2D eigenvalue weighted by molar-refractivity contribution is 0.281. The summed E-state index contributed by atoms with van der Waals surface area (Å²) in [5.74, 6) is 3.14. The van der Waals surface area contributed by atoms with Crippen molar-refractivity contribution in [1.82, 2.24) is 15.0 Å². The van der Waals surface area contributed by atoms with Crippen molar-refractivity contribution in [1.29, 1.82) is 0 Å². The minimum atomic E-state index is -0.217. The van der Waals surface area contributed by atoms with Crippen LogP contribution in [-0.2, 0) is 0 Å². The smallest absolute Gasteiger partial charge is 0.164 e. The average Bonchev–Trinajstić information content (AvgIpc) is 3.60. The van der Waals surface area contributed by atoms with Crippen molar-refractivity contribution in [2.75, 3.05) is 0 Å². The Hall–Kier alpha value is -6.39. The van der Waals surface area contributed by atoms with Crippen LogP contribution in [0.15, 0.2) is 170 Å². The Morgan fingerprint density at radius 2 is 1.29 bits per heavy atom. The van der Waals surface area contributed by atoms with Gasteiger partial charge in [-0.2, -0.15) is 0 Å². The summed E-state index contributed by atoms with van der Waals surface area (Å²) >= 11 is 0. The highest BCUT2D eigenvalue weighted by molar-refractivity contribution is 5.98. The van der Waals surface area contributed by atoms with Crippen LogP contribution in [0.1, 0.15) is 46.6 Å². The highest BCUT2D eigenvalue weighted by Crippen LogP contribution is 2.52. The van der Waals surface area contributed by atoms with Gasteiger partial charge < -0.3 is 4.74 Å². The van der Waals surface area contributed by atoms with Gasteiger partial charge >= 0.3 is 0 Å². The summed E-state index contributed by atoms with van der Waals surface area (Å²) in [6.45, 7) is 0. The molecule has 4 nitrogen and oxygen atoms in total. The molecule has 2 aliphatic carbocycles. The molecule has 3 aliphatic rings. The number of rotatable bonds is 5. The van der Waals surface area contributed by atoms with Crippen LogP contribution < -0.4 is 4.74 Å². The number of nitrogens with zero attached hydrogens (tertiary/aromatic N) is 3. The molecule has 1 aromatic heterocycles. The van der Waals surface area contributed by atoms with Crippen LogP contribution in [0.25, 0.3) is 49.7 Å². The van der Waals surface area contributed by atoms with Gasteiger partial charge in [0.1, 0.15) is 11.9 Å². The molecule has 0 radical (unpaired) electrons. The molecule has 10 rings (SSSR count). The van der Waals surface area contributed by atoms with E-state index in [-0.39, 0.29) is 12.0 Å². The first kappa shape index (κ1) is 29.5. The molecule has 6 aromatic carbocycles. The summed E-state index contributed by atoms with van der Waals surface area (Å²) in [6.07, 6.45) is 11.8. The molecular formula is C47H33N3O. The molecule has 0 saturated carbocycles. The van der Waals surface area contributed by atoms with Gasteiger partial charge in [0, 0.05) is 33.8 Å². The van der Waals surface area contributed by atoms with Crippen LogP contribution in [0.3, 0.4) is 0 Å². The normalized spacial score (nSPS) is 19.1. The highest BCUT2D eigenvalue weighted by Gasteiger charge is 2.42. The van der Waals surface area contributed by atoms with Gasteiger partial charge in [-0.3, -0.25) is 0 Å². The first-order chi connectivity index (χ1) is 25.3. The van der Waals surface area contributed by atoms with Gasteiger partial charge in [-0.25, -0.2) is 15.0 Å². The molecule has 4 heteroatoms. The SMILES string of the molecule is C1=CC(c2ccc3ccccc3c2)CC=C1c1nc(C2=CC=C(c3cccc4ccccc34)C3Oc4ccccc4C23)nc(-c2ccccc2)n1. The van der Waals surface area contributed by atoms with Crippen molar-refractivity contribution in [3.05, 3.63) is 198 Å². The fourth-order valence-electron chi connectivity index (χ4n) is 7.92. The van der Waals surface area contributed by atoms with E-state index in [4.69, 9.17) is 19.7 Å². The summed E-state index contributed by atoms with van der Waals surface area (Å²) in [6, 6.07) is 49.0. The van der Waals surface area contributed by atoms with Gasteiger partial charge in [-0.1, -0.05) is 164 Å². The minimum absolute atomic E-state index is 0.0767. The van der Waals surface area contributed by atoms with Crippen molar-refractivity contribution >= 4 is 38.3 Å². The zero-order valence-corrected chi connectivity index (χ0v) is 27.9. The Kier molecular flexibility index (Phi) is 7.05. The maximum Gasteiger partial charge on any atom is 0.164 e. The summed E-state index contributed by atoms with van der Waals surface area (Å²) < 4.78 is 6.82. The number of aromatic nitrogens is 3. The third-order valence-electron chi connectivity index (χ3n) is 10.5. The van der Waals surface area contributed by atoms with E-state index in [2.05, 4.69) is 146 Å². The molecule has 0 fully saturated rings. The number of para-hydroxylation sites is 1. The predicted octanol–water partition coefficient (Wildman–Crippen LogP) is 11.0. The second kappa shape index (κ2) is 12.2. The van der Waals surface area contributed by atoms with Crippen LogP contribution >= 0.6 is 0 Å². The van der Waals surface area contributed by atoms with Crippen LogP contribution in [0, 0.1) is 0 Å². The Labute approximate surface area is 296 Å². The summed E-state index contributed by atoms with van der Waals surface area (Å²) in [5.41, 5.74) is 7.81. The van der Waals surface area contributed by atoms with Crippen molar-refractivity contribution in [3.8, 4) is 17.1 Å². The maximum absolute atomic E-state index is 6.82. The topological polar surface area (TPSA) is 47.9 Å². The molecule has 1 aliphatic heterocycles. The number of hydrogen-bond donors (Lipinski definition) is 0. The van der Waals surface area contributed by atoms with E-state index < -0.39 is 0 Å². The minimum Gasteiger partial charge on any atom is -0.484 e. The maximum atomic E-state index is 6.82. The van der Waals surface area contributed by atoms with Crippen LogP contribution in [0.2, 0.25) is 0 Å². The fraction of sp³-hybridized carbons (Fsp3) is 0.0851. The number of hydrogen-bond acceptors (Lipinski definition) is 4.